The molecule has 1 fully saturated rings. The summed E-state index contributed by atoms with van der Waals surface area (Å²) >= 11 is 0. The second-order valence-electron chi connectivity index (χ2n) is 5.34. The highest BCUT2D eigenvalue weighted by molar-refractivity contribution is 5.98. The molecule has 0 saturated carbocycles. The maximum absolute atomic E-state index is 13.0. The lowest BCUT2D eigenvalue weighted by atomic mass is 9.81. The number of hydrogen-bond acceptors (Lipinski definition) is 2. The van der Waals surface area contributed by atoms with Crippen molar-refractivity contribution < 1.29 is 4.79 Å². The van der Waals surface area contributed by atoms with Gasteiger partial charge in [-0.25, -0.2) is 0 Å². The predicted octanol–water partition coefficient (Wildman–Crippen LogP) is 2.82. The van der Waals surface area contributed by atoms with Gasteiger partial charge in [0.15, 0.2) is 0 Å². The van der Waals surface area contributed by atoms with Crippen LogP contribution in [0.1, 0.15) is 33.1 Å². The lowest BCUT2D eigenvalue weighted by molar-refractivity contribution is -0.127. The van der Waals surface area contributed by atoms with Crippen molar-refractivity contribution in [3.8, 4) is 0 Å². The van der Waals surface area contributed by atoms with Gasteiger partial charge in [0.2, 0.25) is 5.91 Å². The first-order valence-electron chi connectivity index (χ1n) is 7.31. The van der Waals surface area contributed by atoms with Gasteiger partial charge in [-0.2, -0.15) is 0 Å². The molecule has 1 aliphatic heterocycles. The summed E-state index contributed by atoms with van der Waals surface area (Å²) in [6.07, 6.45) is 2.99. The molecule has 2 rings (SSSR count). The minimum Gasteiger partial charge on any atom is -0.316 e. The zero-order chi connectivity index (χ0) is 13.7. The molecule has 104 valence electrons. The van der Waals surface area contributed by atoms with Crippen molar-refractivity contribution in [1.29, 1.82) is 0 Å². The van der Waals surface area contributed by atoms with Gasteiger partial charge in [0, 0.05) is 18.8 Å². The third-order valence-corrected chi connectivity index (χ3v) is 4.06. The van der Waals surface area contributed by atoms with Crippen molar-refractivity contribution in [2.24, 2.45) is 5.41 Å². The molecule has 1 amide bonds. The van der Waals surface area contributed by atoms with Crippen LogP contribution in [0, 0.1) is 5.41 Å². The largest absolute Gasteiger partial charge is 0.316 e. The minimum atomic E-state index is -0.194. The quantitative estimate of drug-likeness (QED) is 0.883. The SMILES string of the molecule is CCCC1(C(=O)N(CC)c2ccccc2)CCNC1. The topological polar surface area (TPSA) is 32.3 Å². The predicted molar refractivity (Wildman–Crippen MR) is 79.3 cm³/mol. The van der Waals surface area contributed by atoms with Crippen LogP contribution in [0.4, 0.5) is 5.69 Å². The van der Waals surface area contributed by atoms with E-state index >= 15 is 0 Å². The van der Waals surface area contributed by atoms with Crippen molar-refractivity contribution in [1.82, 2.24) is 5.32 Å². The van der Waals surface area contributed by atoms with E-state index in [9.17, 15) is 4.79 Å². The third-order valence-electron chi connectivity index (χ3n) is 4.06. The third kappa shape index (κ3) is 2.81. The molecule has 3 heteroatoms. The van der Waals surface area contributed by atoms with Gasteiger partial charge in [0.25, 0.3) is 0 Å². The summed E-state index contributed by atoms with van der Waals surface area (Å²) in [4.78, 5) is 14.9. The van der Waals surface area contributed by atoms with Crippen LogP contribution in [0.25, 0.3) is 0 Å². The Morgan fingerprint density at radius 2 is 2.05 bits per heavy atom. The van der Waals surface area contributed by atoms with E-state index in [1.807, 2.05) is 42.2 Å². The molecular weight excluding hydrogens is 236 g/mol. The maximum Gasteiger partial charge on any atom is 0.234 e. The number of carbonyl (C=O) groups excluding carboxylic acids is 1. The number of amides is 1. The number of benzene rings is 1. The first kappa shape index (κ1) is 14.1. The van der Waals surface area contributed by atoms with Gasteiger partial charge in [-0.3, -0.25) is 4.79 Å². The number of carbonyl (C=O) groups is 1. The van der Waals surface area contributed by atoms with E-state index < -0.39 is 0 Å². The van der Waals surface area contributed by atoms with Crippen molar-refractivity contribution in [2.75, 3.05) is 24.5 Å². The van der Waals surface area contributed by atoms with E-state index in [4.69, 9.17) is 0 Å². The molecular formula is C16H24N2O. The van der Waals surface area contributed by atoms with Crippen molar-refractivity contribution in [3.05, 3.63) is 30.3 Å². The van der Waals surface area contributed by atoms with Crippen LogP contribution in [0.5, 0.6) is 0 Å². The molecule has 1 aromatic rings. The second-order valence-corrected chi connectivity index (χ2v) is 5.34. The zero-order valence-electron chi connectivity index (χ0n) is 12.0. The standard InChI is InChI=1S/C16H24N2O/c1-3-10-16(11-12-17-13-16)15(19)18(4-2)14-8-6-5-7-9-14/h5-9,17H,3-4,10-13H2,1-2H3. The van der Waals surface area contributed by atoms with Gasteiger partial charge in [-0.15, -0.1) is 0 Å². The molecule has 1 unspecified atom stereocenters. The smallest absolute Gasteiger partial charge is 0.234 e. The van der Waals surface area contributed by atoms with Crippen LogP contribution in [0.2, 0.25) is 0 Å². The van der Waals surface area contributed by atoms with Crippen LogP contribution in [-0.2, 0) is 4.79 Å². The highest BCUT2D eigenvalue weighted by Gasteiger charge is 2.42. The molecule has 0 aromatic heterocycles. The summed E-state index contributed by atoms with van der Waals surface area (Å²) in [7, 11) is 0. The first-order chi connectivity index (χ1) is 9.23. The normalized spacial score (nSPS) is 22.4. The van der Waals surface area contributed by atoms with Crippen LogP contribution in [0.3, 0.4) is 0 Å². The zero-order valence-corrected chi connectivity index (χ0v) is 12.0. The van der Waals surface area contributed by atoms with Gasteiger partial charge in [0.05, 0.1) is 5.41 Å². The highest BCUT2D eigenvalue weighted by atomic mass is 16.2. The van der Waals surface area contributed by atoms with E-state index in [2.05, 4.69) is 12.2 Å². The number of hydrogen-bond donors (Lipinski definition) is 1. The number of para-hydroxylation sites is 1. The molecule has 0 aliphatic carbocycles. The van der Waals surface area contributed by atoms with E-state index in [0.29, 0.717) is 0 Å². The van der Waals surface area contributed by atoms with Crippen molar-refractivity contribution in [2.45, 2.75) is 33.1 Å². The number of nitrogens with zero attached hydrogens (tertiary/aromatic N) is 1. The number of rotatable bonds is 5. The Hall–Kier alpha value is -1.35. The number of anilines is 1. The molecule has 0 spiro atoms. The van der Waals surface area contributed by atoms with E-state index in [0.717, 1.165) is 44.6 Å². The molecule has 1 aliphatic rings. The fourth-order valence-electron chi connectivity index (χ4n) is 3.06. The highest BCUT2D eigenvalue weighted by Crippen LogP contribution is 2.34. The second kappa shape index (κ2) is 6.20. The maximum atomic E-state index is 13.0. The lowest BCUT2D eigenvalue weighted by Crippen LogP contribution is -2.45. The van der Waals surface area contributed by atoms with Gasteiger partial charge in [-0.05, 0) is 38.4 Å². The molecule has 3 nitrogen and oxygen atoms in total. The van der Waals surface area contributed by atoms with E-state index in [1.54, 1.807) is 0 Å². The molecule has 1 atom stereocenters. The van der Waals surface area contributed by atoms with Crippen LogP contribution >= 0.6 is 0 Å². The summed E-state index contributed by atoms with van der Waals surface area (Å²) in [5, 5.41) is 3.36. The molecule has 1 aromatic carbocycles. The van der Waals surface area contributed by atoms with Gasteiger partial charge in [0.1, 0.15) is 0 Å². The molecule has 19 heavy (non-hydrogen) atoms. The van der Waals surface area contributed by atoms with Crippen molar-refractivity contribution in [3.63, 3.8) is 0 Å². The van der Waals surface area contributed by atoms with E-state index in [1.165, 1.54) is 0 Å². The van der Waals surface area contributed by atoms with Gasteiger partial charge in [-0.1, -0.05) is 31.5 Å². The summed E-state index contributed by atoms with van der Waals surface area (Å²) < 4.78 is 0. The van der Waals surface area contributed by atoms with Crippen molar-refractivity contribution >= 4 is 11.6 Å². The molecule has 1 saturated heterocycles. The Balaban J connectivity index is 2.24. The fraction of sp³-hybridized carbons (Fsp3) is 0.562. The van der Waals surface area contributed by atoms with Crippen LogP contribution < -0.4 is 10.2 Å². The molecule has 0 radical (unpaired) electrons. The van der Waals surface area contributed by atoms with Gasteiger partial charge < -0.3 is 10.2 Å². The summed E-state index contributed by atoms with van der Waals surface area (Å²) in [6, 6.07) is 10.0. The first-order valence-corrected chi connectivity index (χ1v) is 7.31. The lowest BCUT2D eigenvalue weighted by Gasteiger charge is -2.33. The van der Waals surface area contributed by atoms with E-state index in [-0.39, 0.29) is 11.3 Å². The number of nitrogens with one attached hydrogen (secondary N) is 1. The Kier molecular flexibility index (Phi) is 4.59. The Morgan fingerprint density at radius 1 is 1.32 bits per heavy atom. The molecule has 0 bridgehead atoms. The molecule has 1 N–H and O–H groups in total. The van der Waals surface area contributed by atoms with Gasteiger partial charge >= 0.3 is 0 Å². The summed E-state index contributed by atoms with van der Waals surface area (Å²) in [6.45, 7) is 6.72. The monoisotopic (exact) mass is 260 g/mol. The summed E-state index contributed by atoms with van der Waals surface area (Å²) in [5.74, 6) is 0.285. The van der Waals surface area contributed by atoms with Crippen LogP contribution in [-0.4, -0.2) is 25.5 Å². The Bertz CT molecular complexity index is 410. The minimum absolute atomic E-state index is 0.194. The molecule has 1 heterocycles. The fourth-order valence-corrected chi connectivity index (χ4v) is 3.06. The van der Waals surface area contributed by atoms with Crippen LogP contribution in [0.15, 0.2) is 30.3 Å². The summed E-state index contributed by atoms with van der Waals surface area (Å²) in [5.41, 5.74) is 0.818. The average Bonchev–Trinajstić information content (AvgIpc) is 2.91. The Morgan fingerprint density at radius 3 is 2.58 bits per heavy atom. The Labute approximate surface area is 116 Å². The average molecular weight is 260 g/mol.